The Balaban J connectivity index is 1.25. The molecule has 4 aromatic carbocycles. The van der Waals surface area contributed by atoms with E-state index < -0.39 is 24.0 Å². The summed E-state index contributed by atoms with van der Waals surface area (Å²) < 4.78 is 16.0. The highest BCUT2D eigenvalue weighted by Crippen LogP contribution is 2.29. The molecule has 0 radical (unpaired) electrons. The van der Waals surface area contributed by atoms with Crippen molar-refractivity contribution < 1.29 is 28.6 Å². The van der Waals surface area contributed by atoms with Crippen LogP contribution in [-0.4, -0.2) is 30.6 Å². The molecule has 0 aliphatic heterocycles. The van der Waals surface area contributed by atoms with Gasteiger partial charge in [-0.25, -0.2) is 14.4 Å². The lowest BCUT2D eigenvalue weighted by Crippen LogP contribution is -2.26. The average molecular weight is 711 g/mol. The number of aryl methyl sites for hydroxylation is 1. The molecule has 6 nitrogen and oxygen atoms in total. The highest BCUT2D eigenvalue weighted by atomic mass is 35.5. The van der Waals surface area contributed by atoms with Crippen LogP contribution in [0, 0.1) is 0 Å². The van der Waals surface area contributed by atoms with Crippen LogP contribution in [0.1, 0.15) is 118 Å². The third kappa shape index (κ3) is 12.7. The summed E-state index contributed by atoms with van der Waals surface area (Å²) in [6.07, 6.45) is 12.9. The molecule has 1 atom stereocenters. The number of hydrogen-bond donors (Lipinski definition) is 0. The Labute approximate surface area is 308 Å². The molecule has 7 heteroatoms. The van der Waals surface area contributed by atoms with Gasteiger partial charge in [0.05, 0.1) is 17.7 Å². The van der Waals surface area contributed by atoms with Crippen LogP contribution in [0.15, 0.2) is 91.0 Å². The fraction of sp³-hybridized carbons (Fsp3) is 0.386. The van der Waals surface area contributed by atoms with E-state index in [4.69, 9.17) is 25.8 Å². The number of hydrogen-bond acceptors (Lipinski definition) is 6. The summed E-state index contributed by atoms with van der Waals surface area (Å²) in [5.41, 5.74) is 6.00. The molecule has 0 fully saturated rings. The van der Waals surface area contributed by atoms with E-state index in [1.165, 1.54) is 81.7 Å². The second-order valence-corrected chi connectivity index (χ2v) is 13.4. The number of ether oxygens (including phenoxy) is 3. The van der Waals surface area contributed by atoms with Crippen LogP contribution >= 0.6 is 11.6 Å². The van der Waals surface area contributed by atoms with Crippen LogP contribution in [-0.2, 0) is 20.7 Å². The number of carbonyl (C=O) groups is 3. The number of rotatable bonds is 20. The van der Waals surface area contributed by atoms with Gasteiger partial charge in [0.2, 0.25) is 0 Å². The van der Waals surface area contributed by atoms with Crippen molar-refractivity contribution in [3.8, 4) is 28.0 Å². The Morgan fingerprint density at radius 3 is 1.69 bits per heavy atom. The highest BCUT2D eigenvalue weighted by molar-refractivity contribution is 6.31. The monoisotopic (exact) mass is 710 g/mol. The first-order valence-corrected chi connectivity index (χ1v) is 18.9. The minimum Gasteiger partial charge on any atom is -0.463 e. The number of unbranched alkanes of at least 4 members (excludes halogenated alkanes) is 9. The van der Waals surface area contributed by atoms with Crippen LogP contribution < -0.4 is 4.74 Å². The topological polar surface area (TPSA) is 78.9 Å². The van der Waals surface area contributed by atoms with Gasteiger partial charge in [0, 0.05) is 5.02 Å². The van der Waals surface area contributed by atoms with E-state index in [2.05, 4.69) is 56.3 Å². The van der Waals surface area contributed by atoms with E-state index in [1.807, 2.05) is 12.1 Å². The Kier molecular flexibility index (Phi) is 16.3. The Hall–Kier alpha value is -4.42. The summed E-state index contributed by atoms with van der Waals surface area (Å²) in [6, 6.07) is 27.9. The van der Waals surface area contributed by atoms with Crippen LogP contribution in [0.4, 0.5) is 0 Å². The summed E-state index contributed by atoms with van der Waals surface area (Å²) in [6.45, 7) is 6.15. The zero-order valence-corrected chi connectivity index (χ0v) is 31.0. The minimum absolute atomic E-state index is 0.228. The number of esters is 3. The Morgan fingerprint density at radius 1 is 0.588 bits per heavy atom. The third-order valence-electron chi connectivity index (χ3n) is 8.93. The van der Waals surface area contributed by atoms with Crippen LogP contribution in [0.5, 0.6) is 5.75 Å². The van der Waals surface area contributed by atoms with E-state index in [9.17, 15) is 14.4 Å². The largest absolute Gasteiger partial charge is 0.463 e. The van der Waals surface area contributed by atoms with E-state index in [-0.39, 0.29) is 11.3 Å². The smallest absolute Gasteiger partial charge is 0.347 e. The molecule has 1 unspecified atom stereocenters. The highest BCUT2D eigenvalue weighted by Gasteiger charge is 2.20. The van der Waals surface area contributed by atoms with Gasteiger partial charge < -0.3 is 14.2 Å². The van der Waals surface area contributed by atoms with Gasteiger partial charge in [-0.2, -0.15) is 0 Å². The van der Waals surface area contributed by atoms with Crippen molar-refractivity contribution in [2.75, 3.05) is 6.61 Å². The van der Waals surface area contributed by atoms with Gasteiger partial charge in [-0.1, -0.05) is 132 Å². The fourth-order valence-corrected chi connectivity index (χ4v) is 6.05. The lowest BCUT2D eigenvalue weighted by Gasteiger charge is -2.13. The molecule has 4 aromatic rings. The molecule has 0 saturated carbocycles. The maximum atomic E-state index is 12.8. The molecule has 0 amide bonds. The predicted octanol–water partition coefficient (Wildman–Crippen LogP) is 11.9. The second-order valence-electron chi connectivity index (χ2n) is 13.0. The van der Waals surface area contributed by atoms with E-state index in [0.717, 1.165) is 59.4 Å². The molecule has 0 aliphatic carbocycles. The van der Waals surface area contributed by atoms with Crippen molar-refractivity contribution in [3.05, 3.63) is 113 Å². The molecule has 4 rings (SSSR count). The summed E-state index contributed by atoms with van der Waals surface area (Å²) in [5.74, 6) is -1.48. The molecule has 0 heterocycles. The molecule has 0 spiro atoms. The van der Waals surface area contributed by atoms with Crippen molar-refractivity contribution >= 4 is 29.5 Å². The van der Waals surface area contributed by atoms with Crippen molar-refractivity contribution in [3.63, 3.8) is 0 Å². The van der Waals surface area contributed by atoms with Gasteiger partial charge in [-0.05, 0) is 96.5 Å². The van der Waals surface area contributed by atoms with Crippen LogP contribution in [0.25, 0.3) is 22.3 Å². The van der Waals surface area contributed by atoms with E-state index >= 15 is 0 Å². The van der Waals surface area contributed by atoms with Gasteiger partial charge in [0.1, 0.15) is 5.75 Å². The summed E-state index contributed by atoms with van der Waals surface area (Å²) >= 11 is 6.68. The average Bonchev–Trinajstić information content (AvgIpc) is 3.15. The zero-order chi connectivity index (χ0) is 36.4. The van der Waals surface area contributed by atoms with Crippen molar-refractivity contribution in [1.82, 2.24) is 0 Å². The number of benzene rings is 4. The summed E-state index contributed by atoms with van der Waals surface area (Å²) in [4.78, 5) is 37.5. The molecule has 51 heavy (non-hydrogen) atoms. The van der Waals surface area contributed by atoms with Crippen molar-refractivity contribution in [1.29, 1.82) is 0 Å². The minimum atomic E-state index is -1.03. The van der Waals surface area contributed by atoms with E-state index in [0.29, 0.717) is 12.2 Å². The van der Waals surface area contributed by atoms with Crippen molar-refractivity contribution in [2.45, 2.75) is 104 Å². The Morgan fingerprint density at radius 2 is 1.08 bits per heavy atom. The SMILES string of the molecule is CCCCCCCCCc1ccc(-c2ccc(-c3ccc(C(=O)Oc4ccc(C(=O)OC(C)C(=O)OCCCCCC)cc4)cc3)cc2)cc1Cl. The Bertz CT molecular complexity index is 1680. The lowest BCUT2D eigenvalue weighted by atomic mass is 9.98. The molecule has 0 N–H and O–H groups in total. The zero-order valence-electron chi connectivity index (χ0n) is 30.3. The molecule has 0 aliphatic rings. The number of halogens is 1. The maximum absolute atomic E-state index is 12.8. The standard InChI is InChI=1S/C44H51ClO6/c1-4-6-8-10-11-12-13-15-36-22-25-39(31-41(36)45)35-18-16-33(17-19-35)34-20-23-37(24-21-34)44(48)51-40-28-26-38(27-29-40)43(47)50-32(3)42(46)49-30-14-9-7-5-2/h16-29,31-32H,4-15,30H2,1-3H3. The van der Waals surface area contributed by atoms with Gasteiger partial charge in [-0.15, -0.1) is 0 Å². The predicted molar refractivity (Wildman–Crippen MR) is 205 cm³/mol. The first kappa shape index (κ1) is 39.4. The lowest BCUT2D eigenvalue weighted by molar-refractivity contribution is -0.153. The first-order chi connectivity index (χ1) is 24.8. The molecule has 0 saturated heterocycles. The summed E-state index contributed by atoms with van der Waals surface area (Å²) in [7, 11) is 0. The molecular weight excluding hydrogens is 660 g/mol. The molecule has 270 valence electrons. The quantitative estimate of drug-likeness (QED) is 0.0516. The molecular formula is C44H51ClO6. The number of carbonyl (C=O) groups excluding carboxylic acids is 3. The van der Waals surface area contributed by atoms with Crippen LogP contribution in [0.2, 0.25) is 5.02 Å². The first-order valence-electron chi connectivity index (χ1n) is 18.5. The molecule has 0 aromatic heterocycles. The van der Waals surface area contributed by atoms with E-state index in [1.54, 1.807) is 12.1 Å². The second kappa shape index (κ2) is 21.1. The molecule has 0 bridgehead atoms. The van der Waals surface area contributed by atoms with Gasteiger partial charge in [0.15, 0.2) is 6.10 Å². The third-order valence-corrected chi connectivity index (χ3v) is 9.29. The fourth-order valence-electron chi connectivity index (χ4n) is 5.78. The normalized spacial score (nSPS) is 11.5. The van der Waals surface area contributed by atoms with Crippen molar-refractivity contribution in [2.24, 2.45) is 0 Å². The van der Waals surface area contributed by atoms with Gasteiger partial charge in [-0.3, -0.25) is 0 Å². The van der Waals surface area contributed by atoms with Crippen LogP contribution in [0.3, 0.4) is 0 Å². The summed E-state index contributed by atoms with van der Waals surface area (Å²) in [5, 5.41) is 0.820. The van der Waals surface area contributed by atoms with Gasteiger partial charge in [0.25, 0.3) is 0 Å². The maximum Gasteiger partial charge on any atom is 0.347 e. The van der Waals surface area contributed by atoms with Gasteiger partial charge >= 0.3 is 17.9 Å².